The van der Waals surface area contributed by atoms with Crippen LogP contribution in [-0.2, 0) is 6.54 Å². The smallest absolute Gasteiger partial charge is 0.161 e. The molecule has 0 fully saturated rings. The molecule has 3 nitrogen and oxygen atoms in total. The summed E-state index contributed by atoms with van der Waals surface area (Å²) >= 11 is 6.02. The highest BCUT2D eigenvalue weighted by atomic mass is 35.5. The monoisotopic (exact) mass is 289 g/mol. The Kier molecular flexibility index (Phi) is 3.70. The number of anilines is 1. The van der Waals surface area contributed by atoms with Crippen LogP contribution in [0, 0.1) is 6.92 Å². The molecular formula is C16H16ClNO2. The average molecular weight is 290 g/mol. The lowest BCUT2D eigenvalue weighted by Crippen LogP contribution is -2.15. The summed E-state index contributed by atoms with van der Waals surface area (Å²) < 4.78 is 11.1. The van der Waals surface area contributed by atoms with E-state index in [4.69, 9.17) is 21.1 Å². The summed E-state index contributed by atoms with van der Waals surface area (Å²) in [4.78, 5) is 0. The predicted molar refractivity (Wildman–Crippen MR) is 80.9 cm³/mol. The maximum absolute atomic E-state index is 6.02. The van der Waals surface area contributed by atoms with Crippen molar-refractivity contribution in [1.82, 2.24) is 0 Å². The summed E-state index contributed by atoms with van der Waals surface area (Å²) in [7, 11) is 0. The Morgan fingerprint density at radius 3 is 2.70 bits per heavy atom. The molecule has 104 valence electrons. The highest BCUT2D eigenvalue weighted by Gasteiger charge is 2.11. The first-order valence-corrected chi connectivity index (χ1v) is 6.99. The van der Waals surface area contributed by atoms with Gasteiger partial charge in [0.15, 0.2) is 11.5 Å². The lowest BCUT2D eigenvalue weighted by molar-refractivity contribution is 0.171. The van der Waals surface area contributed by atoms with Crippen molar-refractivity contribution in [1.29, 1.82) is 0 Å². The van der Waals surface area contributed by atoms with Crippen LogP contribution < -0.4 is 14.8 Å². The van der Waals surface area contributed by atoms with Gasteiger partial charge >= 0.3 is 0 Å². The van der Waals surface area contributed by atoms with E-state index in [9.17, 15) is 0 Å². The van der Waals surface area contributed by atoms with Gasteiger partial charge in [0, 0.05) is 17.3 Å². The minimum atomic E-state index is 0.608. The predicted octanol–water partition coefficient (Wildman–Crippen LogP) is 4.03. The van der Waals surface area contributed by atoms with E-state index in [0.29, 0.717) is 13.2 Å². The van der Waals surface area contributed by atoms with E-state index in [-0.39, 0.29) is 0 Å². The van der Waals surface area contributed by atoms with Crippen molar-refractivity contribution in [2.75, 3.05) is 18.5 Å². The van der Waals surface area contributed by atoms with Crippen molar-refractivity contribution in [3.05, 3.63) is 52.5 Å². The van der Waals surface area contributed by atoms with Gasteiger partial charge in [-0.3, -0.25) is 0 Å². The fraction of sp³-hybridized carbons (Fsp3) is 0.250. The summed E-state index contributed by atoms with van der Waals surface area (Å²) in [6, 6.07) is 11.9. The molecule has 2 aromatic rings. The van der Waals surface area contributed by atoms with E-state index in [2.05, 4.69) is 12.2 Å². The van der Waals surface area contributed by atoms with Crippen molar-refractivity contribution in [3.63, 3.8) is 0 Å². The molecule has 3 rings (SSSR count). The van der Waals surface area contributed by atoms with Gasteiger partial charge in [0.1, 0.15) is 13.2 Å². The molecule has 1 heterocycles. The van der Waals surface area contributed by atoms with Crippen LogP contribution in [-0.4, -0.2) is 13.2 Å². The fourth-order valence-electron chi connectivity index (χ4n) is 2.18. The molecular weight excluding hydrogens is 274 g/mol. The summed E-state index contributed by atoms with van der Waals surface area (Å²) in [5, 5.41) is 4.13. The molecule has 20 heavy (non-hydrogen) atoms. The van der Waals surface area contributed by atoms with Crippen molar-refractivity contribution in [3.8, 4) is 11.5 Å². The van der Waals surface area contributed by atoms with E-state index >= 15 is 0 Å². The molecule has 0 radical (unpaired) electrons. The van der Waals surface area contributed by atoms with Gasteiger partial charge in [-0.15, -0.1) is 0 Å². The molecule has 0 saturated heterocycles. The Bertz CT molecular complexity index is 628. The van der Waals surface area contributed by atoms with Gasteiger partial charge < -0.3 is 14.8 Å². The number of aryl methyl sites for hydroxylation is 1. The lowest BCUT2D eigenvalue weighted by atomic mass is 10.1. The Hall–Kier alpha value is -1.87. The van der Waals surface area contributed by atoms with Gasteiger partial charge in [-0.25, -0.2) is 0 Å². The van der Waals surface area contributed by atoms with Gasteiger partial charge in [-0.05, 0) is 42.3 Å². The molecule has 0 unspecified atom stereocenters. The highest BCUT2D eigenvalue weighted by molar-refractivity contribution is 6.30. The van der Waals surface area contributed by atoms with Crippen molar-refractivity contribution in [2.24, 2.45) is 0 Å². The third-order valence-electron chi connectivity index (χ3n) is 3.29. The number of rotatable bonds is 3. The van der Waals surface area contributed by atoms with Crippen LogP contribution in [0.3, 0.4) is 0 Å². The van der Waals surface area contributed by atoms with Gasteiger partial charge in [0.05, 0.1) is 0 Å². The maximum atomic E-state index is 6.02. The summed E-state index contributed by atoms with van der Waals surface area (Å²) in [5.74, 6) is 1.64. The molecule has 4 heteroatoms. The second-order valence-electron chi connectivity index (χ2n) is 4.79. The van der Waals surface area contributed by atoms with Crippen molar-refractivity contribution in [2.45, 2.75) is 13.5 Å². The molecule has 1 aliphatic rings. The molecule has 1 aliphatic heterocycles. The highest BCUT2D eigenvalue weighted by Crippen LogP contribution is 2.31. The number of nitrogens with one attached hydrogen (secondary N) is 1. The first-order valence-electron chi connectivity index (χ1n) is 6.61. The number of halogens is 1. The zero-order valence-corrected chi connectivity index (χ0v) is 12.0. The first-order chi connectivity index (χ1) is 9.72. The largest absolute Gasteiger partial charge is 0.486 e. The third-order valence-corrected chi connectivity index (χ3v) is 3.52. The number of ether oxygens (including phenoxy) is 2. The van der Waals surface area contributed by atoms with E-state index in [0.717, 1.165) is 34.3 Å². The summed E-state index contributed by atoms with van der Waals surface area (Å²) in [6.45, 7) is 4.00. The maximum Gasteiger partial charge on any atom is 0.161 e. The minimum Gasteiger partial charge on any atom is -0.486 e. The van der Waals surface area contributed by atoms with Gasteiger partial charge in [-0.2, -0.15) is 0 Å². The fourth-order valence-corrected chi connectivity index (χ4v) is 2.35. The van der Waals surface area contributed by atoms with E-state index < -0.39 is 0 Å². The standard InChI is InChI=1S/C16H16ClNO2/c1-11-2-4-13(17)9-14(11)18-10-12-3-5-15-16(8-12)20-7-6-19-15/h2-5,8-9,18H,6-7,10H2,1H3. The van der Waals surface area contributed by atoms with Crippen molar-refractivity contribution >= 4 is 17.3 Å². The van der Waals surface area contributed by atoms with Crippen LogP contribution in [0.4, 0.5) is 5.69 Å². The van der Waals surface area contributed by atoms with Crippen LogP contribution in [0.1, 0.15) is 11.1 Å². The molecule has 0 bridgehead atoms. The second kappa shape index (κ2) is 5.63. The third kappa shape index (κ3) is 2.83. The number of hydrogen-bond donors (Lipinski definition) is 1. The SMILES string of the molecule is Cc1ccc(Cl)cc1NCc1ccc2c(c1)OCCO2. The van der Waals surface area contributed by atoms with Crippen LogP contribution in [0.5, 0.6) is 11.5 Å². The Morgan fingerprint density at radius 2 is 1.85 bits per heavy atom. The normalized spacial score (nSPS) is 13.1. The number of benzene rings is 2. The van der Waals surface area contributed by atoms with E-state index in [1.807, 2.05) is 36.4 Å². The second-order valence-corrected chi connectivity index (χ2v) is 5.23. The van der Waals surface area contributed by atoms with Crippen molar-refractivity contribution < 1.29 is 9.47 Å². The van der Waals surface area contributed by atoms with Crippen LogP contribution in [0.25, 0.3) is 0 Å². The molecule has 0 aromatic heterocycles. The molecule has 0 aliphatic carbocycles. The van der Waals surface area contributed by atoms with Crippen LogP contribution in [0.15, 0.2) is 36.4 Å². The lowest BCUT2D eigenvalue weighted by Gasteiger charge is -2.19. The number of hydrogen-bond acceptors (Lipinski definition) is 3. The van der Waals surface area contributed by atoms with Gasteiger partial charge in [0.25, 0.3) is 0 Å². The van der Waals surface area contributed by atoms with Gasteiger partial charge in [0.2, 0.25) is 0 Å². The summed E-state index contributed by atoms with van der Waals surface area (Å²) in [6.07, 6.45) is 0. The van der Waals surface area contributed by atoms with Gasteiger partial charge in [-0.1, -0.05) is 23.7 Å². The van der Waals surface area contributed by atoms with Crippen LogP contribution >= 0.6 is 11.6 Å². The molecule has 0 saturated carbocycles. The Balaban J connectivity index is 1.73. The Labute approximate surface area is 123 Å². The summed E-state index contributed by atoms with van der Waals surface area (Å²) in [5.41, 5.74) is 3.37. The molecule has 1 N–H and O–H groups in total. The molecule has 2 aromatic carbocycles. The Morgan fingerprint density at radius 1 is 1.05 bits per heavy atom. The van der Waals surface area contributed by atoms with E-state index in [1.165, 1.54) is 5.56 Å². The molecule has 0 spiro atoms. The average Bonchev–Trinajstić information content (AvgIpc) is 2.48. The topological polar surface area (TPSA) is 30.5 Å². The zero-order valence-electron chi connectivity index (χ0n) is 11.3. The van der Waals surface area contributed by atoms with E-state index in [1.54, 1.807) is 0 Å². The molecule has 0 amide bonds. The number of fused-ring (bicyclic) bond motifs is 1. The quantitative estimate of drug-likeness (QED) is 0.925. The first kappa shape index (κ1) is 13.1. The van der Waals surface area contributed by atoms with Crippen LogP contribution in [0.2, 0.25) is 5.02 Å². The molecule has 0 atom stereocenters. The minimum absolute atomic E-state index is 0.608. The zero-order chi connectivity index (χ0) is 13.9.